The molecule has 4 nitrogen and oxygen atoms in total. The van der Waals surface area contributed by atoms with E-state index in [0.717, 1.165) is 42.6 Å². The monoisotopic (exact) mass is 361 g/mol. The number of aromatic amines is 1. The lowest BCUT2D eigenvalue weighted by atomic mass is 10.0. The number of para-hydroxylation sites is 1. The second-order valence-electron chi connectivity index (χ2n) is 7.53. The molecule has 1 aliphatic rings. The predicted molar refractivity (Wildman–Crippen MR) is 112 cm³/mol. The number of Topliss-reactive ketones (excluding diaryl/α,β-unsaturated/α-hetero) is 1. The van der Waals surface area contributed by atoms with Crippen molar-refractivity contribution in [2.24, 2.45) is 0 Å². The van der Waals surface area contributed by atoms with Gasteiger partial charge >= 0.3 is 0 Å². The van der Waals surface area contributed by atoms with Gasteiger partial charge in [0.1, 0.15) is 0 Å². The molecule has 0 aliphatic carbocycles. The van der Waals surface area contributed by atoms with Gasteiger partial charge in [0, 0.05) is 54.5 Å². The third-order valence-electron chi connectivity index (χ3n) is 6.01. The second-order valence-corrected chi connectivity index (χ2v) is 7.53. The largest absolute Gasteiger partial charge is 0.369 e. The second kappa shape index (κ2) is 7.20. The molecular weight excluding hydrogens is 334 g/mol. The maximum Gasteiger partial charge on any atom is 0.181 e. The molecule has 1 unspecified atom stereocenters. The van der Waals surface area contributed by atoms with Crippen LogP contribution >= 0.6 is 0 Å². The Morgan fingerprint density at radius 1 is 1.00 bits per heavy atom. The van der Waals surface area contributed by atoms with Crippen LogP contribution in [0.2, 0.25) is 0 Å². The summed E-state index contributed by atoms with van der Waals surface area (Å²) >= 11 is 0. The minimum atomic E-state index is -0.107. The molecular formula is C23H27N3O. The van der Waals surface area contributed by atoms with E-state index in [1.165, 1.54) is 16.8 Å². The molecule has 27 heavy (non-hydrogen) atoms. The Morgan fingerprint density at radius 2 is 1.74 bits per heavy atom. The van der Waals surface area contributed by atoms with Crippen molar-refractivity contribution >= 4 is 22.4 Å². The van der Waals surface area contributed by atoms with E-state index in [9.17, 15) is 4.79 Å². The van der Waals surface area contributed by atoms with Gasteiger partial charge < -0.3 is 9.88 Å². The standard InChI is InChI=1S/C23H27N3O/c1-16-7-6-10-22(17(16)2)26-13-11-25(12-14-26)18(3)23(27)20-15-24-21-9-5-4-8-19(20)21/h4-10,15,18,24H,11-14H2,1-3H3. The summed E-state index contributed by atoms with van der Waals surface area (Å²) in [6, 6.07) is 14.4. The summed E-state index contributed by atoms with van der Waals surface area (Å²) in [5, 5.41) is 1.02. The minimum absolute atomic E-state index is 0.107. The minimum Gasteiger partial charge on any atom is -0.369 e. The van der Waals surface area contributed by atoms with E-state index in [4.69, 9.17) is 0 Å². The molecule has 0 spiro atoms. The number of anilines is 1. The summed E-state index contributed by atoms with van der Waals surface area (Å²) in [5.74, 6) is 0.202. The number of aryl methyl sites for hydroxylation is 1. The van der Waals surface area contributed by atoms with E-state index in [1.807, 2.05) is 37.4 Å². The molecule has 0 saturated carbocycles. The Hall–Kier alpha value is -2.59. The van der Waals surface area contributed by atoms with E-state index in [-0.39, 0.29) is 11.8 Å². The fourth-order valence-electron chi connectivity index (χ4n) is 4.09. The van der Waals surface area contributed by atoms with Crippen LogP contribution < -0.4 is 4.90 Å². The molecule has 1 fully saturated rings. The lowest BCUT2D eigenvalue weighted by Crippen LogP contribution is -2.52. The van der Waals surface area contributed by atoms with Crippen molar-refractivity contribution in [3.8, 4) is 0 Å². The number of nitrogens with zero attached hydrogens (tertiary/aromatic N) is 2. The van der Waals surface area contributed by atoms with Gasteiger partial charge in [-0.3, -0.25) is 9.69 Å². The number of hydrogen-bond acceptors (Lipinski definition) is 3. The molecule has 0 amide bonds. The first kappa shape index (κ1) is 17.8. The number of ketones is 1. The Labute approximate surface area is 160 Å². The lowest BCUT2D eigenvalue weighted by Gasteiger charge is -2.39. The first-order valence-corrected chi connectivity index (χ1v) is 9.72. The van der Waals surface area contributed by atoms with Gasteiger partial charge in [-0.15, -0.1) is 0 Å². The number of piperazine rings is 1. The van der Waals surface area contributed by atoms with Gasteiger partial charge in [-0.1, -0.05) is 30.3 Å². The van der Waals surface area contributed by atoms with Crippen molar-refractivity contribution in [1.82, 2.24) is 9.88 Å². The van der Waals surface area contributed by atoms with Crippen LogP contribution in [0.15, 0.2) is 48.7 Å². The van der Waals surface area contributed by atoms with Crippen LogP contribution in [0.5, 0.6) is 0 Å². The van der Waals surface area contributed by atoms with Gasteiger partial charge in [0.2, 0.25) is 0 Å². The van der Waals surface area contributed by atoms with Crippen LogP contribution in [0.3, 0.4) is 0 Å². The molecule has 0 radical (unpaired) electrons. The fraction of sp³-hybridized carbons (Fsp3) is 0.348. The smallest absolute Gasteiger partial charge is 0.181 e. The quantitative estimate of drug-likeness (QED) is 0.709. The highest BCUT2D eigenvalue weighted by Crippen LogP contribution is 2.25. The number of rotatable bonds is 4. The molecule has 2 aromatic carbocycles. The molecule has 4 heteroatoms. The zero-order valence-corrected chi connectivity index (χ0v) is 16.3. The summed E-state index contributed by atoms with van der Waals surface area (Å²) in [5.41, 5.74) is 5.83. The molecule has 1 atom stereocenters. The molecule has 1 aromatic heterocycles. The number of H-pyrrole nitrogens is 1. The van der Waals surface area contributed by atoms with Crippen molar-refractivity contribution in [3.63, 3.8) is 0 Å². The normalized spacial score (nSPS) is 16.6. The van der Waals surface area contributed by atoms with Crippen LogP contribution in [0.4, 0.5) is 5.69 Å². The number of aromatic nitrogens is 1. The first-order valence-electron chi connectivity index (χ1n) is 9.72. The van der Waals surface area contributed by atoms with E-state index < -0.39 is 0 Å². The van der Waals surface area contributed by atoms with Crippen LogP contribution in [0.1, 0.15) is 28.4 Å². The van der Waals surface area contributed by atoms with E-state index in [0.29, 0.717) is 0 Å². The highest BCUT2D eigenvalue weighted by Gasteiger charge is 2.28. The summed E-state index contributed by atoms with van der Waals surface area (Å²) in [7, 11) is 0. The van der Waals surface area contributed by atoms with E-state index >= 15 is 0 Å². The Balaban J connectivity index is 1.46. The van der Waals surface area contributed by atoms with Gasteiger partial charge in [-0.25, -0.2) is 0 Å². The molecule has 1 saturated heterocycles. The average Bonchev–Trinajstić information content (AvgIpc) is 3.13. The summed E-state index contributed by atoms with van der Waals surface area (Å²) in [6.07, 6.45) is 1.86. The highest BCUT2D eigenvalue weighted by atomic mass is 16.1. The number of nitrogens with one attached hydrogen (secondary N) is 1. The van der Waals surface area contributed by atoms with Gasteiger partial charge in [0.15, 0.2) is 5.78 Å². The summed E-state index contributed by atoms with van der Waals surface area (Å²) in [6.45, 7) is 10.1. The zero-order valence-electron chi connectivity index (χ0n) is 16.3. The van der Waals surface area contributed by atoms with Crippen molar-refractivity contribution in [2.45, 2.75) is 26.8 Å². The number of carbonyl (C=O) groups excluding carboxylic acids is 1. The summed E-state index contributed by atoms with van der Waals surface area (Å²) in [4.78, 5) is 21.1. The van der Waals surface area contributed by atoms with Gasteiger partial charge in [-0.2, -0.15) is 0 Å². The maximum absolute atomic E-state index is 13.1. The van der Waals surface area contributed by atoms with Crippen molar-refractivity contribution < 1.29 is 4.79 Å². The van der Waals surface area contributed by atoms with E-state index in [2.05, 4.69) is 46.8 Å². The average molecular weight is 361 g/mol. The maximum atomic E-state index is 13.1. The van der Waals surface area contributed by atoms with Gasteiger partial charge in [0.05, 0.1) is 6.04 Å². The Morgan fingerprint density at radius 3 is 2.52 bits per heavy atom. The summed E-state index contributed by atoms with van der Waals surface area (Å²) < 4.78 is 0. The third-order valence-corrected chi connectivity index (χ3v) is 6.01. The molecule has 3 aromatic rings. The molecule has 2 heterocycles. The van der Waals surface area contributed by atoms with Crippen LogP contribution in [-0.4, -0.2) is 47.9 Å². The molecule has 4 rings (SSSR count). The molecule has 1 N–H and O–H groups in total. The number of fused-ring (bicyclic) bond motifs is 1. The van der Waals surface area contributed by atoms with Crippen LogP contribution in [0.25, 0.3) is 10.9 Å². The molecule has 1 aliphatic heterocycles. The molecule has 140 valence electrons. The predicted octanol–water partition coefficient (Wildman–Crippen LogP) is 4.18. The van der Waals surface area contributed by atoms with Crippen molar-refractivity contribution in [2.75, 3.05) is 31.1 Å². The number of hydrogen-bond donors (Lipinski definition) is 1. The zero-order chi connectivity index (χ0) is 19.0. The van der Waals surface area contributed by atoms with Gasteiger partial charge in [0.25, 0.3) is 0 Å². The fourth-order valence-corrected chi connectivity index (χ4v) is 4.09. The highest BCUT2D eigenvalue weighted by molar-refractivity contribution is 6.10. The Bertz CT molecular complexity index is 967. The van der Waals surface area contributed by atoms with Gasteiger partial charge in [-0.05, 0) is 44.0 Å². The lowest BCUT2D eigenvalue weighted by molar-refractivity contribution is 0.0831. The first-order chi connectivity index (χ1) is 13.1. The number of carbonyl (C=O) groups is 1. The molecule has 0 bridgehead atoms. The van der Waals surface area contributed by atoms with E-state index in [1.54, 1.807) is 0 Å². The van der Waals surface area contributed by atoms with Crippen LogP contribution in [0, 0.1) is 13.8 Å². The Kier molecular flexibility index (Phi) is 4.75. The topological polar surface area (TPSA) is 39.3 Å². The number of benzene rings is 2. The van der Waals surface area contributed by atoms with Crippen LogP contribution in [-0.2, 0) is 0 Å². The SMILES string of the molecule is Cc1cccc(N2CCN(C(C)C(=O)c3c[nH]c4ccccc34)CC2)c1C. The van der Waals surface area contributed by atoms with Crippen molar-refractivity contribution in [1.29, 1.82) is 0 Å². The van der Waals surface area contributed by atoms with Crippen molar-refractivity contribution in [3.05, 3.63) is 65.4 Å². The third kappa shape index (κ3) is 3.26.